The average Bonchev–Trinajstić information content (AvgIpc) is 2.52. The van der Waals surface area contributed by atoms with Crippen molar-refractivity contribution in [3.05, 3.63) is 30.1 Å². The summed E-state index contributed by atoms with van der Waals surface area (Å²) in [5.41, 5.74) is 0. The van der Waals surface area contributed by atoms with Crippen LogP contribution in [0.3, 0.4) is 0 Å². The Hall–Kier alpha value is -0.790. The van der Waals surface area contributed by atoms with E-state index in [1.54, 1.807) is 0 Å². The van der Waals surface area contributed by atoms with E-state index >= 15 is 0 Å². The lowest BCUT2D eigenvalue weighted by Crippen LogP contribution is -2.29. The van der Waals surface area contributed by atoms with Gasteiger partial charge in [0.1, 0.15) is 5.82 Å². The third kappa shape index (κ3) is 2.56. The fraction of sp³-hybridized carbons (Fsp3) is 0.400. The van der Waals surface area contributed by atoms with Crippen molar-refractivity contribution in [3.8, 4) is 0 Å². The van der Waals surface area contributed by atoms with E-state index in [1.165, 1.54) is 18.2 Å². The van der Waals surface area contributed by atoms with Gasteiger partial charge >= 0.3 is 0 Å². The topological polar surface area (TPSA) is 71.4 Å². The molecule has 7 heteroatoms. The second kappa shape index (κ2) is 4.47. The van der Waals surface area contributed by atoms with E-state index in [2.05, 4.69) is 0 Å². The highest BCUT2D eigenvalue weighted by molar-refractivity contribution is 7.94. The van der Waals surface area contributed by atoms with Crippen LogP contribution in [0.2, 0.25) is 0 Å². The molecule has 0 radical (unpaired) electrons. The number of hydrogen-bond donors (Lipinski definition) is 1. The van der Waals surface area contributed by atoms with Crippen molar-refractivity contribution >= 4 is 20.6 Å². The number of aliphatic hydroxyl groups is 1. The Morgan fingerprint density at radius 2 is 1.94 bits per heavy atom. The van der Waals surface area contributed by atoms with Crippen LogP contribution in [-0.2, 0) is 20.6 Å². The Labute approximate surface area is 101 Å². The van der Waals surface area contributed by atoms with E-state index in [9.17, 15) is 22.1 Å². The highest BCUT2D eigenvalue weighted by Crippen LogP contribution is 2.24. The van der Waals surface area contributed by atoms with E-state index in [4.69, 9.17) is 0 Å². The van der Waals surface area contributed by atoms with Gasteiger partial charge in [-0.3, -0.25) is 4.21 Å². The number of aliphatic hydroxyl groups excluding tert-OH is 1. The van der Waals surface area contributed by atoms with E-state index in [1.807, 2.05) is 0 Å². The summed E-state index contributed by atoms with van der Waals surface area (Å²) in [4.78, 5) is -0.0614. The zero-order valence-electron chi connectivity index (χ0n) is 8.74. The van der Waals surface area contributed by atoms with Crippen molar-refractivity contribution in [1.29, 1.82) is 0 Å². The highest BCUT2D eigenvalue weighted by atomic mass is 32.2. The van der Waals surface area contributed by atoms with Gasteiger partial charge in [0, 0.05) is 0 Å². The fourth-order valence-corrected chi connectivity index (χ4v) is 5.80. The van der Waals surface area contributed by atoms with Gasteiger partial charge in [-0.05, 0) is 12.1 Å². The Morgan fingerprint density at radius 3 is 2.47 bits per heavy atom. The first-order valence-corrected chi connectivity index (χ1v) is 7.98. The SMILES string of the molecule is O=S(c1ccccc1F)C1CS(=O)(=O)CC1O. The molecule has 1 fully saturated rings. The summed E-state index contributed by atoms with van der Waals surface area (Å²) >= 11 is 0. The van der Waals surface area contributed by atoms with Crippen LogP contribution < -0.4 is 0 Å². The highest BCUT2D eigenvalue weighted by Gasteiger charge is 2.41. The molecular formula is C10H11FO4S2. The van der Waals surface area contributed by atoms with Crippen LogP contribution in [0.15, 0.2) is 29.2 Å². The number of rotatable bonds is 2. The van der Waals surface area contributed by atoms with E-state index in [0.29, 0.717) is 0 Å². The standard InChI is InChI=1S/C10H11FO4S2/c11-7-3-1-2-4-9(7)16(13)10-6-17(14,15)5-8(10)12/h1-4,8,10,12H,5-6H2. The molecule has 1 heterocycles. The largest absolute Gasteiger partial charge is 0.391 e. The second-order valence-corrected chi connectivity index (χ2v) is 7.70. The maximum absolute atomic E-state index is 13.4. The van der Waals surface area contributed by atoms with Crippen molar-refractivity contribution in [2.45, 2.75) is 16.2 Å². The number of halogens is 1. The molecule has 1 aromatic carbocycles. The molecular weight excluding hydrogens is 267 g/mol. The van der Waals surface area contributed by atoms with Crippen LogP contribution in [0, 0.1) is 5.82 Å². The molecule has 1 aliphatic heterocycles. The lowest BCUT2D eigenvalue weighted by atomic mass is 10.3. The number of sulfone groups is 1. The molecule has 0 saturated carbocycles. The summed E-state index contributed by atoms with van der Waals surface area (Å²) in [5.74, 6) is -1.42. The molecule has 3 unspecified atom stereocenters. The van der Waals surface area contributed by atoms with Gasteiger partial charge in [0.2, 0.25) is 0 Å². The average molecular weight is 278 g/mol. The predicted molar refractivity (Wildman–Crippen MR) is 61.3 cm³/mol. The molecule has 1 saturated heterocycles. The van der Waals surface area contributed by atoms with Crippen molar-refractivity contribution in [3.63, 3.8) is 0 Å². The molecule has 0 aromatic heterocycles. The second-order valence-electron chi connectivity index (χ2n) is 3.91. The molecule has 1 aliphatic rings. The quantitative estimate of drug-likeness (QED) is 0.832. The zero-order valence-corrected chi connectivity index (χ0v) is 10.4. The van der Waals surface area contributed by atoms with Crippen molar-refractivity contribution < 1.29 is 22.1 Å². The summed E-state index contributed by atoms with van der Waals surface area (Å²) in [5, 5.41) is 8.61. The van der Waals surface area contributed by atoms with Gasteiger partial charge in [0.15, 0.2) is 9.84 Å². The minimum absolute atomic E-state index is 0.0614. The maximum Gasteiger partial charge on any atom is 0.154 e. The first-order chi connectivity index (χ1) is 7.91. The lowest BCUT2D eigenvalue weighted by molar-refractivity contribution is 0.206. The predicted octanol–water partition coefficient (Wildman–Crippen LogP) is 0.0912. The van der Waals surface area contributed by atoms with Crippen LogP contribution in [0.1, 0.15) is 0 Å². The molecule has 0 amide bonds. The van der Waals surface area contributed by atoms with Gasteiger partial charge in [-0.15, -0.1) is 0 Å². The molecule has 4 nitrogen and oxygen atoms in total. The smallest absolute Gasteiger partial charge is 0.154 e. The normalized spacial score (nSPS) is 29.1. The molecule has 17 heavy (non-hydrogen) atoms. The molecule has 0 spiro atoms. The third-order valence-electron chi connectivity index (χ3n) is 2.60. The summed E-state index contributed by atoms with van der Waals surface area (Å²) in [6, 6.07) is 5.47. The lowest BCUT2D eigenvalue weighted by Gasteiger charge is -2.12. The van der Waals surface area contributed by atoms with Crippen LogP contribution >= 0.6 is 0 Å². The first-order valence-electron chi connectivity index (χ1n) is 4.94. The van der Waals surface area contributed by atoms with Crippen LogP contribution in [-0.4, -0.2) is 40.6 Å². The van der Waals surface area contributed by atoms with E-state index in [-0.39, 0.29) is 10.6 Å². The molecule has 2 rings (SSSR count). The summed E-state index contributed by atoms with van der Waals surface area (Å²) in [7, 11) is -5.23. The monoisotopic (exact) mass is 278 g/mol. The minimum Gasteiger partial charge on any atom is -0.391 e. The van der Waals surface area contributed by atoms with Gasteiger partial charge in [0.05, 0.1) is 38.6 Å². The molecule has 3 atom stereocenters. The van der Waals surface area contributed by atoms with Gasteiger partial charge in [0.25, 0.3) is 0 Å². The molecule has 1 N–H and O–H groups in total. The Bertz CT molecular complexity index is 555. The first kappa shape index (κ1) is 12.7. The Kier molecular flexibility index (Phi) is 3.33. The van der Waals surface area contributed by atoms with E-state index in [0.717, 1.165) is 6.07 Å². The van der Waals surface area contributed by atoms with Crippen LogP contribution in [0.5, 0.6) is 0 Å². The minimum atomic E-state index is -3.38. The third-order valence-corrected chi connectivity index (χ3v) is 6.32. The van der Waals surface area contributed by atoms with Crippen LogP contribution in [0.4, 0.5) is 4.39 Å². The number of benzene rings is 1. The van der Waals surface area contributed by atoms with Crippen molar-refractivity contribution in [2.24, 2.45) is 0 Å². The van der Waals surface area contributed by atoms with Gasteiger partial charge in [-0.25, -0.2) is 12.8 Å². The van der Waals surface area contributed by atoms with Gasteiger partial charge in [-0.1, -0.05) is 12.1 Å². The fourth-order valence-electron chi connectivity index (χ4n) is 1.77. The molecule has 94 valence electrons. The van der Waals surface area contributed by atoms with Crippen molar-refractivity contribution in [2.75, 3.05) is 11.5 Å². The Balaban J connectivity index is 2.31. The molecule has 0 bridgehead atoms. The summed E-state index contributed by atoms with van der Waals surface area (Å²) < 4.78 is 48.0. The van der Waals surface area contributed by atoms with E-state index < -0.39 is 43.6 Å². The van der Waals surface area contributed by atoms with Gasteiger partial charge < -0.3 is 5.11 Å². The summed E-state index contributed by atoms with van der Waals surface area (Å²) in [6.07, 6.45) is -1.19. The maximum atomic E-state index is 13.4. The van der Waals surface area contributed by atoms with Crippen LogP contribution in [0.25, 0.3) is 0 Å². The van der Waals surface area contributed by atoms with Gasteiger partial charge in [-0.2, -0.15) is 0 Å². The number of hydrogen-bond acceptors (Lipinski definition) is 4. The molecule has 1 aromatic rings. The molecule has 0 aliphatic carbocycles. The van der Waals surface area contributed by atoms with Crippen molar-refractivity contribution in [1.82, 2.24) is 0 Å². The Morgan fingerprint density at radius 1 is 1.29 bits per heavy atom. The summed E-state index contributed by atoms with van der Waals surface area (Å²) in [6.45, 7) is 0. The zero-order chi connectivity index (χ0) is 12.6.